The number of ketones is 1. The third-order valence-electron chi connectivity index (χ3n) is 7.15. The number of carbonyl (C=O) groups is 1. The number of ether oxygens (including phenoxy) is 1. The highest BCUT2D eigenvalue weighted by molar-refractivity contribution is 9.10. The molecule has 160 valence electrons. The van der Waals surface area contributed by atoms with E-state index in [-0.39, 0.29) is 24.5 Å². The van der Waals surface area contributed by atoms with Crippen LogP contribution in [-0.4, -0.2) is 28.2 Å². The van der Waals surface area contributed by atoms with Crippen LogP contribution in [0, 0.1) is 23.2 Å². The van der Waals surface area contributed by atoms with Crippen LogP contribution in [0.25, 0.3) is 0 Å². The van der Waals surface area contributed by atoms with E-state index in [1.165, 1.54) is 11.1 Å². The van der Waals surface area contributed by atoms with Gasteiger partial charge in [0.1, 0.15) is 23.4 Å². The van der Waals surface area contributed by atoms with Crippen LogP contribution in [0.2, 0.25) is 0 Å². The van der Waals surface area contributed by atoms with Crippen LogP contribution < -0.4 is 15.6 Å². The topological polar surface area (TPSA) is 73.2 Å². The number of hydrogen-bond acceptors (Lipinski definition) is 5. The van der Waals surface area contributed by atoms with Gasteiger partial charge < -0.3 is 10.1 Å². The number of para-hydroxylation sites is 1. The fraction of sp³-hybridized carbons (Fsp3) is 0.522. The quantitative estimate of drug-likeness (QED) is 0.653. The second kappa shape index (κ2) is 8.17. The van der Waals surface area contributed by atoms with Gasteiger partial charge in [-0.25, -0.2) is 4.68 Å². The van der Waals surface area contributed by atoms with Gasteiger partial charge in [-0.15, -0.1) is 0 Å². The fourth-order valence-electron chi connectivity index (χ4n) is 5.11. The molecule has 1 N–H and O–H groups in total. The van der Waals surface area contributed by atoms with Crippen molar-refractivity contribution in [3.63, 3.8) is 0 Å². The minimum absolute atomic E-state index is 0.103. The molecule has 0 unspecified atom stereocenters. The van der Waals surface area contributed by atoms with E-state index in [4.69, 9.17) is 4.74 Å². The number of benzene rings is 1. The molecule has 0 amide bonds. The number of Topliss-reactive ketones (excluding diaryl/α,β-unsaturated/α-hetero) is 1. The first kappa shape index (κ1) is 21.1. The van der Waals surface area contributed by atoms with Crippen molar-refractivity contribution < 1.29 is 9.53 Å². The summed E-state index contributed by atoms with van der Waals surface area (Å²) >= 11 is 3.41. The minimum Gasteiger partial charge on any atom is -0.486 e. The van der Waals surface area contributed by atoms with Gasteiger partial charge in [0, 0.05) is 6.04 Å². The Morgan fingerprint density at radius 3 is 2.70 bits per heavy atom. The van der Waals surface area contributed by atoms with Crippen molar-refractivity contribution in [1.29, 1.82) is 0 Å². The van der Waals surface area contributed by atoms with E-state index in [1.54, 1.807) is 18.3 Å². The molecule has 3 fully saturated rings. The van der Waals surface area contributed by atoms with E-state index < -0.39 is 0 Å². The van der Waals surface area contributed by atoms with E-state index in [0.717, 1.165) is 12.3 Å². The first-order valence-corrected chi connectivity index (χ1v) is 11.3. The van der Waals surface area contributed by atoms with Crippen molar-refractivity contribution in [2.45, 2.75) is 46.2 Å². The Labute approximate surface area is 185 Å². The molecule has 30 heavy (non-hydrogen) atoms. The average molecular weight is 474 g/mol. The maximum absolute atomic E-state index is 12.7. The molecule has 1 aromatic carbocycles. The maximum Gasteiger partial charge on any atom is 0.283 e. The molecule has 0 saturated heterocycles. The lowest BCUT2D eigenvalue weighted by molar-refractivity contribution is -0.121. The molecule has 4 atom stereocenters. The number of nitrogens with one attached hydrogen (secondary N) is 1. The zero-order valence-corrected chi connectivity index (χ0v) is 19.2. The highest BCUT2D eigenvalue weighted by Gasteiger charge is 2.56. The van der Waals surface area contributed by atoms with Gasteiger partial charge in [0.05, 0.1) is 11.9 Å². The number of nitrogens with zero attached hydrogens (tertiary/aromatic N) is 2. The van der Waals surface area contributed by atoms with Gasteiger partial charge in [-0.05, 0) is 64.1 Å². The van der Waals surface area contributed by atoms with Gasteiger partial charge in [-0.1, -0.05) is 39.0 Å². The Kier molecular flexibility index (Phi) is 5.75. The molecule has 6 nitrogen and oxygen atoms in total. The lowest BCUT2D eigenvalue weighted by Crippen LogP contribution is -2.58. The zero-order valence-electron chi connectivity index (χ0n) is 17.6. The number of rotatable bonds is 7. The van der Waals surface area contributed by atoms with Crippen LogP contribution in [0.1, 0.15) is 33.6 Å². The van der Waals surface area contributed by atoms with Crippen LogP contribution in [0.3, 0.4) is 0 Å². The van der Waals surface area contributed by atoms with Crippen molar-refractivity contribution in [2.75, 3.05) is 11.9 Å². The number of aromatic nitrogens is 2. The SMILES string of the molecule is C[C@@H]1[C@H]2C[C@@H](C[C@H]1Nc1cnn(CC(=O)COc3ccccc3)c(=O)c1Br)C2(C)C. The highest BCUT2D eigenvalue weighted by atomic mass is 79.9. The van der Waals surface area contributed by atoms with Crippen LogP contribution in [-0.2, 0) is 11.3 Å². The summed E-state index contributed by atoms with van der Waals surface area (Å²) in [6.45, 7) is 6.81. The summed E-state index contributed by atoms with van der Waals surface area (Å²) in [6.07, 6.45) is 4.05. The summed E-state index contributed by atoms with van der Waals surface area (Å²) < 4.78 is 7.05. The summed E-state index contributed by atoms with van der Waals surface area (Å²) in [6, 6.07) is 9.45. The lowest BCUT2D eigenvalue weighted by Gasteiger charge is -2.62. The molecule has 3 aliphatic rings. The summed E-state index contributed by atoms with van der Waals surface area (Å²) in [4.78, 5) is 25.0. The van der Waals surface area contributed by atoms with Crippen molar-refractivity contribution in [1.82, 2.24) is 9.78 Å². The third kappa shape index (κ3) is 3.92. The lowest BCUT2D eigenvalue weighted by atomic mass is 9.45. The Hall–Kier alpha value is -2.15. The summed E-state index contributed by atoms with van der Waals surface area (Å²) in [5, 5.41) is 7.75. The first-order valence-electron chi connectivity index (χ1n) is 10.5. The highest BCUT2D eigenvalue weighted by Crippen LogP contribution is 2.61. The third-order valence-corrected chi connectivity index (χ3v) is 7.92. The number of hydrogen-bond donors (Lipinski definition) is 1. The van der Waals surface area contributed by atoms with Crippen molar-refractivity contribution in [2.24, 2.45) is 23.2 Å². The average Bonchev–Trinajstić information content (AvgIpc) is 2.73. The van der Waals surface area contributed by atoms with Crippen LogP contribution in [0.4, 0.5) is 5.69 Å². The molecule has 2 bridgehead atoms. The van der Waals surface area contributed by atoms with E-state index in [0.29, 0.717) is 39.2 Å². The predicted octanol–water partition coefficient (Wildman–Crippen LogP) is 4.14. The molecule has 1 heterocycles. The van der Waals surface area contributed by atoms with E-state index in [1.807, 2.05) is 18.2 Å². The molecule has 2 aromatic rings. The van der Waals surface area contributed by atoms with E-state index >= 15 is 0 Å². The van der Waals surface area contributed by atoms with Crippen LogP contribution in [0.15, 0.2) is 45.8 Å². The number of anilines is 1. The Bertz CT molecular complexity index is 989. The van der Waals surface area contributed by atoms with E-state index in [2.05, 4.69) is 47.1 Å². The maximum atomic E-state index is 12.7. The summed E-state index contributed by atoms with van der Waals surface area (Å²) in [7, 11) is 0. The Balaban J connectivity index is 1.39. The molecular weight excluding hydrogens is 446 g/mol. The zero-order chi connectivity index (χ0) is 21.5. The number of carbonyl (C=O) groups excluding carboxylic acids is 1. The van der Waals surface area contributed by atoms with Gasteiger partial charge in [-0.2, -0.15) is 5.10 Å². The molecule has 7 heteroatoms. The van der Waals surface area contributed by atoms with E-state index in [9.17, 15) is 9.59 Å². The molecule has 0 radical (unpaired) electrons. The van der Waals surface area contributed by atoms with Crippen molar-refractivity contribution in [3.05, 3.63) is 51.4 Å². The largest absolute Gasteiger partial charge is 0.486 e. The van der Waals surface area contributed by atoms with Gasteiger partial charge in [-0.3, -0.25) is 9.59 Å². The van der Waals surface area contributed by atoms with Crippen molar-refractivity contribution >= 4 is 27.4 Å². The van der Waals surface area contributed by atoms with Crippen molar-refractivity contribution in [3.8, 4) is 5.75 Å². The van der Waals surface area contributed by atoms with Gasteiger partial charge >= 0.3 is 0 Å². The van der Waals surface area contributed by atoms with Crippen LogP contribution >= 0.6 is 15.9 Å². The van der Waals surface area contributed by atoms with Gasteiger partial charge in [0.25, 0.3) is 5.56 Å². The molecule has 3 saturated carbocycles. The van der Waals surface area contributed by atoms with Gasteiger partial charge in [0.2, 0.25) is 0 Å². The normalized spacial score (nSPS) is 26.5. The standard InChI is InChI=1S/C23H28BrN3O3/c1-14-18-9-15(23(18,2)3)10-19(14)26-20-11-25-27(22(29)21(20)24)12-16(28)13-30-17-7-5-4-6-8-17/h4-8,11,14-15,18-19,26H,9-10,12-13H2,1-3H3/t14-,15+,18-,19-/m1/s1. The molecule has 5 rings (SSSR count). The minimum atomic E-state index is -0.318. The smallest absolute Gasteiger partial charge is 0.283 e. The first-order chi connectivity index (χ1) is 14.3. The summed E-state index contributed by atoms with van der Waals surface area (Å²) in [5.74, 6) is 2.38. The molecule has 0 spiro atoms. The second-order valence-electron chi connectivity index (χ2n) is 9.18. The molecule has 1 aromatic heterocycles. The second-order valence-corrected chi connectivity index (χ2v) is 9.97. The van der Waals surface area contributed by atoms with Crippen LogP contribution in [0.5, 0.6) is 5.75 Å². The Morgan fingerprint density at radius 2 is 2.03 bits per heavy atom. The molecule has 0 aliphatic heterocycles. The van der Waals surface area contributed by atoms with Gasteiger partial charge in [0.15, 0.2) is 5.78 Å². The molecule has 3 aliphatic carbocycles. The predicted molar refractivity (Wildman–Crippen MR) is 120 cm³/mol. The monoisotopic (exact) mass is 473 g/mol. The molecular formula is C23H28BrN3O3. The Morgan fingerprint density at radius 1 is 1.30 bits per heavy atom. The summed E-state index contributed by atoms with van der Waals surface area (Å²) in [5.41, 5.74) is 0.792. The number of halogens is 1. The fourth-order valence-corrected chi connectivity index (χ4v) is 5.53. The number of fused-ring (bicyclic) bond motifs is 2.